The molecule has 0 bridgehead atoms. The van der Waals surface area contributed by atoms with Crippen molar-refractivity contribution in [2.75, 3.05) is 32.8 Å². The number of nitrogens with zero attached hydrogens (tertiary/aromatic N) is 1. The van der Waals surface area contributed by atoms with E-state index in [4.69, 9.17) is 4.74 Å². The van der Waals surface area contributed by atoms with Crippen molar-refractivity contribution >= 4 is 5.78 Å². The van der Waals surface area contributed by atoms with Gasteiger partial charge in [-0.05, 0) is 50.7 Å². The van der Waals surface area contributed by atoms with E-state index in [0.29, 0.717) is 12.0 Å². The summed E-state index contributed by atoms with van der Waals surface area (Å²) in [6.45, 7) is 8.30. The van der Waals surface area contributed by atoms with Gasteiger partial charge in [-0.15, -0.1) is 0 Å². The molecule has 0 saturated heterocycles. The Bertz CT molecular complexity index is 392. The molecule has 0 radical (unpaired) electrons. The Morgan fingerprint density at radius 3 is 2.50 bits per heavy atom. The lowest BCUT2D eigenvalue weighted by molar-refractivity contribution is 0.0963. The van der Waals surface area contributed by atoms with Crippen molar-refractivity contribution < 1.29 is 13.9 Å². The summed E-state index contributed by atoms with van der Waals surface area (Å²) in [5.74, 6) is -0.236. The van der Waals surface area contributed by atoms with Gasteiger partial charge in [0.2, 0.25) is 0 Å². The molecule has 3 nitrogen and oxygen atoms in total. The molecule has 4 heteroatoms. The fraction of sp³-hybridized carbons (Fsp3) is 0.562. The van der Waals surface area contributed by atoms with Crippen molar-refractivity contribution in [3.8, 4) is 0 Å². The van der Waals surface area contributed by atoms with Crippen molar-refractivity contribution in [3.05, 3.63) is 35.6 Å². The highest BCUT2D eigenvalue weighted by atomic mass is 19.1. The Labute approximate surface area is 120 Å². The number of likely N-dealkylation sites (N-methyl/N-ethyl adjacent to an activating group) is 1. The number of carbonyl (C=O) groups excluding carboxylic acids is 1. The first kappa shape index (κ1) is 16.8. The monoisotopic (exact) mass is 281 g/mol. The third-order valence-corrected chi connectivity index (χ3v) is 3.25. The normalized spacial score (nSPS) is 11.0. The van der Waals surface area contributed by atoms with Crippen LogP contribution >= 0.6 is 0 Å². The second kappa shape index (κ2) is 9.61. The lowest BCUT2D eigenvalue weighted by Crippen LogP contribution is -2.28. The van der Waals surface area contributed by atoms with Gasteiger partial charge in [-0.2, -0.15) is 0 Å². The summed E-state index contributed by atoms with van der Waals surface area (Å²) in [5.41, 5.74) is 0.587. The zero-order chi connectivity index (χ0) is 14.8. The van der Waals surface area contributed by atoms with E-state index in [1.54, 1.807) is 12.1 Å². The van der Waals surface area contributed by atoms with Crippen molar-refractivity contribution in [2.45, 2.75) is 26.7 Å². The molecule has 0 aliphatic rings. The molecule has 0 fully saturated rings. The lowest BCUT2D eigenvalue weighted by Gasteiger charge is -2.19. The number of halogens is 1. The minimum atomic E-state index is -0.311. The highest BCUT2D eigenvalue weighted by Crippen LogP contribution is 2.08. The van der Waals surface area contributed by atoms with Gasteiger partial charge in [0.15, 0.2) is 5.78 Å². The highest BCUT2D eigenvalue weighted by Gasteiger charge is 2.07. The highest BCUT2D eigenvalue weighted by molar-refractivity contribution is 5.95. The molecular formula is C16H24FNO2. The number of rotatable bonds is 10. The Morgan fingerprint density at radius 1 is 1.20 bits per heavy atom. The minimum absolute atomic E-state index is 0.0749. The topological polar surface area (TPSA) is 29.5 Å². The van der Waals surface area contributed by atoms with E-state index in [1.165, 1.54) is 12.1 Å². The van der Waals surface area contributed by atoms with Crippen LogP contribution in [0.2, 0.25) is 0 Å². The van der Waals surface area contributed by atoms with Crippen LogP contribution in [0, 0.1) is 5.82 Å². The van der Waals surface area contributed by atoms with Gasteiger partial charge in [-0.25, -0.2) is 4.39 Å². The summed E-state index contributed by atoms with van der Waals surface area (Å²) in [6, 6.07) is 5.75. The largest absolute Gasteiger partial charge is 0.380 e. The van der Waals surface area contributed by atoms with Gasteiger partial charge in [0.1, 0.15) is 5.82 Å². The minimum Gasteiger partial charge on any atom is -0.380 e. The molecule has 0 saturated carbocycles. The molecule has 0 aliphatic carbocycles. The molecule has 0 unspecified atom stereocenters. The zero-order valence-corrected chi connectivity index (χ0v) is 12.4. The van der Waals surface area contributed by atoms with E-state index in [0.717, 1.165) is 39.3 Å². The Morgan fingerprint density at radius 2 is 1.90 bits per heavy atom. The molecule has 1 rings (SSSR count). The second-order valence-corrected chi connectivity index (χ2v) is 4.66. The van der Waals surface area contributed by atoms with Crippen LogP contribution in [-0.2, 0) is 4.74 Å². The van der Waals surface area contributed by atoms with Gasteiger partial charge in [0.05, 0.1) is 6.61 Å². The summed E-state index contributed by atoms with van der Waals surface area (Å²) >= 11 is 0. The smallest absolute Gasteiger partial charge is 0.162 e. The Hall–Kier alpha value is -1.26. The first-order valence-corrected chi connectivity index (χ1v) is 7.26. The predicted octanol–water partition coefficient (Wildman–Crippen LogP) is 3.15. The van der Waals surface area contributed by atoms with Gasteiger partial charge in [0, 0.05) is 25.1 Å². The fourth-order valence-electron chi connectivity index (χ4n) is 2.01. The SMILES string of the molecule is CCOCCN(CC)CCCC(=O)c1ccc(F)cc1. The Kier molecular flexibility index (Phi) is 8.07. The van der Waals surface area contributed by atoms with E-state index >= 15 is 0 Å². The summed E-state index contributed by atoms with van der Waals surface area (Å²) in [7, 11) is 0. The van der Waals surface area contributed by atoms with E-state index in [9.17, 15) is 9.18 Å². The molecule has 0 heterocycles. The van der Waals surface area contributed by atoms with Crippen LogP contribution in [-0.4, -0.2) is 43.5 Å². The number of Topliss-reactive ketones (excluding diaryl/α,β-unsaturated/α-hetero) is 1. The van der Waals surface area contributed by atoms with E-state index in [1.807, 2.05) is 6.92 Å². The lowest BCUT2D eigenvalue weighted by atomic mass is 10.1. The number of carbonyl (C=O) groups is 1. The van der Waals surface area contributed by atoms with E-state index in [2.05, 4.69) is 11.8 Å². The quantitative estimate of drug-likeness (QED) is 0.487. The van der Waals surface area contributed by atoms with E-state index < -0.39 is 0 Å². The number of ketones is 1. The van der Waals surface area contributed by atoms with Crippen molar-refractivity contribution in [2.24, 2.45) is 0 Å². The van der Waals surface area contributed by atoms with Crippen LogP contribution in [0.15, 0.2) is 24.3 Å². The van der Waals surface area contributed by atoms with Crippen molar-refractivity contribution in [1.82, 2.24) is 4.90 Å². The molecule has 112 valence electrons. The van der Waals surface area contributed by atoms with Crippen LogP contribution in [0.5, 0.6) is 0 Å². The molecule has 1 aromatic carbocycles. The average Bonchev–Trinajstić information content (AvgIpc) is 2.46. The molecule has 0 atom stereocenters. The standard InChI is InChI=1S/C16H24FNO2/c1-3-18(12-13-20-4-2)11-5-6-16(19)14-7-9-15(17)10-8-14/h7-10H,3-6,11-13H2,1-2H3. The van der Waals surface area contributed by atoms with Gasteiger partial charge >= 0.3 is 0 Å². The fourth-order valence-corrected chi connectivity index (χ4v) is 2.01. The second-order valence-electron chi connectivity index (χ2n) is 4.66. The summed E-state index contributed by atoms with van der Waals surface area (Å²) in [5, 5.41) is 0. The van der Waals surface area contributed by atoms with Crippen molar-refractivity contribution in [3.63, 3.8) is 0 Å². The molecular weight excluding hydrogens is 257 g/mol. The number of ether oxygens (including phenoxy) is 1. The van der Waals surface area contributed by atoms with Gasteiger partial charge in [-0.3, -0.25) is 4.79 Å². The van der Waals surface area contributed by atoms with Gasteiger partial charge < -0.3 is 9.64 Å². The third-order valence-electron chi connectivity index (χ3n) is 3.25. The number of hydrogen-bond acceptors (Lipinski definition) is 3. The summed E-state index contributed by atoms with van der Waals surface area (Å²) < 4.78 is 18.1. The summed E-state index contributed by atoms with van der Waals surface area (Å²) in [6.07, 6.45) is 1.31. The number of benzene rings is 1. The maximum absolute atomic E-state index is 12.8. The van der Waals surface area contributed by atoms with Gasteiger partial charge in [0.25, 0.3) is 0 Å². The van der Waals surface area contributed by atoms with Crippen LogP contribution in [0.25, 0.3) is 0 Å². The third kappa shape index (κ3) is 6.26. The molecule has 0 amide bonds. The zero-order valence-electron chi connectivity index (χ0n) is 12.4. The molecule has 0 aromatic heterocycles. The van der Waals surface area contributed by atoms with Gasteiger partial charge in [-0.1, -0.05) is 6.92 Å². The van der Waals surface area contributed by atoms with Crippen LogP contribution < -0.4 is 0 Å². The maximum atomic E-state index is 12.8. The summed E-state index contributed by atoms with van der Waals surface area (Å²) in [4.78, 5) is 14.2. The van der Waals surface area contributed by atoms with Crippen LogP contribution in [0.3, 0.4) is 0 Å². The maximum Gasteiger partial charge on any atom is 0.162 e. The van der Waals surface area contributed by atoms with Crippen molar-refractivity contribution in [1.29, 1.82) is 0 Å². The Balaban J connectivity index is 2.28. The molecule has 20 heavy (non-hydrogen) atoms. The molecule has 0 aliphatic heterocycles. The van der Waals surface area contributed by atoms with Crippen LogP contribution in [0.4, 0.5) is 4.39 Å². The van der Waals surface area contributed by atoms with Crippen LogP contribution in [0.1, 0.15) is 37.0 Å². The average molecular weight is 281 g/mol. The molecule has 1 aromatic rings. The number of hydrogen-bond donors (Lipinski definition) is 0. The predicted molar refractivity (Wildman–Crippen MR) is 78.6 cm³/mol. The first-order chi connectivity index (χ1) is 9.67. The first-order valence-electron chi connectivity index (χ1n) is 7.26. The van der Waals surface area contributed by atoms with E-state index in [-0.39, 0.29) is 11.6 Å². The molecule has 0 N–H and O–H groups in total. The molecule has 0 spiro atoms.